The van der Waals surface area contributed by atoms with Gasteiger partial charge in [-0.15, -0.1) is 0 Å². The van der Waals surface area contributed by atoms with Gasteiger partial charge in [-0.1, -0.05) is 30.7 Å². The number of morpholine rings is 1. The molecule has 4 heteroatoms. The number of hydrogen-bond donors (Lipinski definition) is 1. The van der Waals surface area contributed by atoms with Gasteiger partial charge in [-0.05, 0) is 24.0 Å². The van der Waals surface area contributed by atoms with Crippen molar-refractivity contribution in [3.8, 4) is 0 Å². The summed E-state index contributed by atoms with van der Waals surface area (Å²) in [5.74, 6) is 0. The van der Waals surface area contributed by atoms with Gasteiger partial charge in [0.25, 0.3) is 0 Å². The van der Waals surface area contributed by atoms with E-state index >= 15 is 0 Å². The van der Waals surface area contributed by atoms with Crippen LogP contribution in [0.2, 0.25) is 0 Å². The van der Waals surface area contributed by atoms with Crippen LogP contribution in [0.4, 0.5) is 0 Å². The molecule has 1 aliphatic carbocycles. The maximum Gasteiger partial charge on any atom is 0.0594 e. The van der Waals surface area contributed by atoms with Crippen LogP contribution in [0.1, 0.15) is 30.4 Å². The first-order chi connectivity index (χ1) is 10.8. The highest BCUT2D eigenvalue weighted by Gasteiger charge is 2.24. The van der Waals surface area contributed by atoms with E-state index in [-0.39, 0.29) is 6.61 Å². The summed E-state index contributed by atoms with van der Waals surface area (Å²) < 4.78 is 5.41. The molecule has 122 valence electrons. The van der Waals surface area contributed by atoms with E-state index in [2.05, 4.69) is 34.1 Å². The van der Waals surface area contributed by atoms with Crippen LogP contribution >= 0.6 is 0 Å². The van der Waals surface area contributed by atoms with Gasteiger partial charge in [0.2, 0.25) is 0 Å². The Hall–Kier alpha value is -0.940. The Balaban J connectivity index is 1.59. The molecule has 0 spiro atoms. The van der Waals surface area contributed by atoms with E-state index in [4.69, 9.17) is 4.74 Å². The van der Waals surface area contributed by atoms with Crippen molar-refractivity contribution in [3.05, 3.63) is 35.4 Å². The smallest absolute Gasteiger partial charge is 0.0594 e. The first-order valence-corrected chi connectivity index (χ1v) is 8.58. The molecule has 1 heterocycles. The van der Waals surface area contributed by atoms with Crippen LogP contribution in [0.15, 0.2) is 24.3 Å². The van der Waals surface area contributed by atoms with Gasteiger partial charge in [0.15, 0.2) is 0 Å². The van der Waals surface area contributed by atoms with Crippen molar-refractivity contribution in [1.29, 1.82) is 0 Å². The van der Waals surface area contributed by atoms with Crippen molar-refractivity contribution in [2.75, 3.05) is 39.5 Å². The summed E-state index contributed by atoms with van der Waals surface area (Å²) in [7, 11) is 0. The molecule has 0 unspecified atom stereocenters. The lowest BCUT2D eigenvalue weighted by Crippen LogP contribution is -2.41. The van der Waals surface area contributed by atoms with E-state index < -0.39 is 0 Å². The van der Waals surface area contributed by atoms with Gasteiger partial charge in [0.1, 0.15) is 0 Å². The van der Waals surface area contributed by atoms with Crippen LogP contribution < -0.4 is 0 Å². The number of hydrogen-bond acceptors (Lipinski definition) is 4. The molecular formula is C18H28N2O2. The topological polar surface area (TPSA) is 35.9 Å². The Kier molecular flexibility index (Phi) is 5.84. The standard InChI is InChI=1S/C18H28N2O2/c21-10-7-20(18-5-2-6-18)15-17-4-1-3-16(13-17)14-19-8-11-22-12-9-19/h1,3-4,13,18,21H,2,5-12,14-15H2. The summed E-state index contributed by atoms with van der Waals surface area (Å²) in [4.78, 5) is 4.90. The number of rotatable bonds is 7. The highest BCUT2D eigenvalue weighted by atomic mass is 16.5. The van der Waals surface area contributed by atoms with Crippen molar-refractivity contribution in [2.24, 2.45) is 0 Å². The summed E-state index contributed by atoms with van der Waals surface area (Å²) in [6.45, 7) is 6.79. The molecule has 0 atom stereocenters. The Morgan fingerprint density at radius 3 is 2.64 bits per heavy atom. The van der Waals surface area contributed by atoms with Crippen molar-refractivity contribution >= 4 is 0 Å². The van der Waals surface area contributed by atoms with Crippen molar-refractivity contribution in [1.82, 2.24) is 9.80 Å². The lowest BCUT2D eigenvalue weighted by Gasteiger charge is -2.37. The van der Waals surface area contributed by atoms with Gasteiger partial charge in [-0.3, -0.25) is 9.80 Å². The maximum absolute atomic E-state index is 9.29. The Labute approximate surface area is 133 Å². The summed E-state index contributed by atoms with van der Waals surface area (Å²) in [6, 6.07) is 9.61. The summed E-state index contributed by atoms with van der Waals surface area (Å²) >= 11 is 0. The van der Waals surface area contributed by atoms with Crippen molar-refractivity contribution < 1.29 is 9.84 Å². The normalized spacial score (nSPS) is 20.3. The number of benzene rings is 1. The highest BCUT2D eigenvalue weighted by Crippen LogP contribution is 2.26. The minimum absolute atomic E-state index is 0.254. The van der Waals surface area contributed by atoms with E-state index in [0.29, 0.717) is 6.04 Å². The fourth-order valence-corrected chi connectivity index (χ4v) is 3.35. The molecule has 2 aliphatic rings. The second kappa shape index (κ2) is 8.06. The SMILES string of the molecule is OCCN(Cc1cccc(CN2CCOCC2)c1)C1CCC1. The minimum Gasteiger partial charge on any atom is -0.395 e. The lowest BCUT2D eigenvalue weighted by atomic mass is 9.91. The van der Waals surface area contributed by atoms with Gasteiger partial charge in [-0.25, -0.2) is 0 Å². The number of aliphatic hydroxyl groups excluding tert-OH is 1. The average molecular weight is 304 g/mol. The van der Waals surface area contributed by atoms with Gasteiger partial charge >= 0.3 is 0 Å². The second-order valence-electron chi connectivity index (χ2n) is 6.49. The molecule has 1 saturated carbocycles. The third kappa shape index (κ3) is 4.29. The first-order valence-electron chi connectivity index (χ1n) is 8.58. The molecule has 1 aromatic rings. The van der Waals surface area contributed by atoms with E-state index in [1.165, 1.54) is 30.4 Å². The van der Waals surface area contributed by atoms with Gasteiger partial charge in [0.05, 0.1) is 19.8 Å². The van der Waals surface area contributed by atoms with Gasteiger partial charge in [0, 0.05) is 38.8 Å². The third-order valence-corrected chi connectivity index (χ3v) is 4.87. The van der Waals surface area contributed by atoms with E-state index in [0.717, 1.165) is 45.9 Å². The molecule has 2 fully saturated rings. The zero-order chi connectivity index (χ0) is 15.2. The second-order valence-corrected chi connectivity index (χ2v) is 6.49. The zero-order valence-electron chi connectivity index (χ0n) is 13.4. The molecule has 1 saturated heterocycles. The summed E-state index contributed by atoms with van der Waals surface area (Å²) in [6.07, 6.45) is 3.91. The van der Waals surface area contributed by atoms with E-state index in [9.17, 15) is 5.11 Å². The number of aliphatic hydroxyl groups is 1. The molecular weight excluding hydrogens is 276 g/mol. The number of nitrogens with zero attached hydrogens (tertiary/aromatic N) is 2. The predicted octanol–water partition coefficient (Wildman–Crippen LogP) is 1.87. The van der Waals surface area contributed by atoms with Gasteiger partial charge in [-0.2, -0.15) is 0 Å². The van der Waals surface area contributed by atoms with Crippen LogP contribution in [0.5, 0.6) is 0 Å². The molecule has 0 amide bonds. The summed E-state index contributed by atoms with van der Waals surface area (Å²) in [5, 5.41) is 9.29. The van der Waals surface area contributed by atoms with Crippen LogP contribution in [0.3, 0.4) is 0 Å². The molecule has 0 radical (unpaired) electrons. The van der Waals surface area contributed by atoms with E-state index in [1.807, 2.05) is 0 Å². The monoisotopic (exact) mass is 304 g/mol. The first kappa shape index (κ1) is 15.9. The molecule has 0 bridgehead atoms. The van der Waals surface area contributed by atoms with Crippen molar-refractivity contribution in [3.63, 3.8) is 0 Å². The van der Waals surface area contributed by atoms with E-state index in [1.54, 1.807) is 0 Å². The maximum atomic E-state index is 9.29. The number of ether oxygens (including phenoxy) is 1. The van der Waals surface area contributed by atoms with Gasteiger partial charge < -0.3 is 9.84 Å². The molecule has 4 nitrogen and oxygen atoms in total. The fraction of sp³-hybridized carbons (Fsp3) is 0.667. The predicted molar refractivity (Wildman–Crippen MR) is 87.7 cm³/mol. The zero-order valence-corrected chi connectivity index (χ0v) is 13.4. The largest absolute Gasteiger partial charge is 0.395 e. The Morgan fingerprint density at radius 1 is 1.18 bits per heavy atom. The molecule has 3 rings (SSSR count). The molecule has 1 aromatic carbocycles. The molecule has 1 N–H and O–H groups in total. The minimum atomic E-state index is 0.254. The lowest BCUT2D eigenvalue weighted by molar-refractivity contribution is 0.0341. The highest BCUT2D eigenvalue weighted by molar-refractivity contribution is 5.23. The third-order valence-electron chi connectivity index (χ3n) is 4.87. The molecule has 0 aromatic heterocycles. The van der Waals surface area contributed by atoms with Crippen LogP contribution in [0.25, 0.3) is 0 Å². The van der Waals surface area contributed by atoms with Crippen LogP contribution in [-0.4, -0.2) is 60.4 Å². The Morgan fingerprint density at radius 2 is 1.95 bits per heavy atom. The van der Waals surface area contributed by atoms with Crippen LogP contribution in [0, 0.1) is 0 Å². The molecule has 22 heavy (non-hydrogen) atoms. The Bertz CT molecular complexity index is 456. The summed E-state index contributed by atoms with van der Waals surface area (Å²) in [5.41, 5.74) is 2.75. The average Bonchev–Trinajstić information content (AvgIpc) is 2.47. The fourth-order valence-electron chi connectivity index (χ4n) is 3.35. The molecule has 1 aliphatic heterocycles. The van der Waals surface area contributed by atoms with Crippen LogP contribution in [-0.2, 0) is 17.8 Å². The quantitative estimate of drug-likeness (QED) is 0.834. The van der Waals surface area contributed by atoms with Crippen molar-refractivity contribution in [2.45, 2.75) is 38.4 Å².